The van der Waals surface area contributed by atoms with E-state index in [1.165, 1.54) is 24.7 Å². The maximum Gasteiger partial charge on any atom is 0.333 e. The molecule has 0 atom stereocenters. The molecule has 0 fully saturated rings. The molecule has 8 nitrogen and oxygen atoms in total. The summed E-state index contributed by atoms with van der Waals surface area (Å²) in [5, 5.41) is 10.5. The largest absolute Gasteiger partial charge is 0.415 e. The first-order valence-electron chi connectivity index (χ1n) is 9.71. The van der Waals surface area contributed by atoms with Crippen molar-refractivity contribution >= 4 is 5.91 Å². The zero-order valence-corrected chi connectivity index (χ0v) is 16.7. The fraction of sp³-hybridized carbons (Fsp3) is 0.190. The summed E-state index contributed by atoms with van der Waals surface area (Å²) >= 11 is 0. The highest BCUT2D eigenvalue weighted by atomic mass is 19.3. The molecule has 0 saturated carbocycles. The van der Waals surface area contributed by atoms with E-state index in [-0.39, 0.29) is 30.5 Å². The van der Waals surface area contributed by atoms with Gasteiger partial charge in [0.15, 0.2) is 0 Å². The molecule has 1 aromatic carbocycles. The molecular formula is C21H14F4N6O2. The number of rotatable bonds is 6. The molecule has 168 valence electrons. The number of pyridine rings is 1. The van der Waals surface area contributed by atoms with Crippen molar-refractivity contribution in [3.8, 4) is 22.6 Å². The van der Waals surface area contributed by atoms with Crippen molar-refractivity contribution in [2.24, 2.45) is 0 Å². The normalized spacial score (nSPS) is 13.4. The Kier molecular flexibility index (Phi) is 5.11. The molecule has 0 bridgehead atoms. The molecular weight excluding hydrogens is 444 g/mol. The predicted molar refractivity (Wildman–Crippen MR) is 105 cm³/mol. The van der Waals surface area contributed by atoms with Crippen LogP contribution in [0.15, 0.2) is 53.3 Å². The Hall–Kier alpha value is -4.09. The summed E-state index contributed by atoms with van der Waals surface area (Å²) in [6, 6.07) is 8.64. The van der Waals surface area contributed by atoms with Gasteiger partial charge >= 0.3 is 13.0 Å². The number of benzene rings is 1. The molecule has 4 aromatic rings. The number of fused-ring (bicyclic) bond motifs is 1. The smallest absolute Gasteiger partial charge is 0.333 e. The molecule has 3 aromatic heterocycles. The number of carbonyl (C=O) groups excluding carboxylic acids is 1. The number of hydrogen-bond donors (Lipinski definition) is 0. The lowest BCUT2D eigenvalue weighted by Crippen LogP contribution is -2.23. The Morgan fingerprint density at radius 2 is 1.88 bits per heavy atom. The zero-order valence-electron chi connectivity index (χ0n) is 16.7. The van der Waals surface area contributed by atoms with E-state index in [0.717, 1.165) is 5.56 Å². The Labute approximate surface area is 183 Å². The van der Waals surface area contributed by atoms with E-state index in [2.05, 4.69) is 20.3 Å². The third-order valence-electron chi connectivity index (χ3n) is 5.14. The van der Waals surface area contributed by atoms with Crippen molar-refractivity contribution < 1.29 is 26.8 Å². The van der Waals surface area contributed by atoms with Gasteiger partial charge < -0.3 is 9.32 Å². The molecule has 33 heavy (non-hydrogen) atoms. The maximum absolute atomic E-state index is 12.9. The second kappa shape index (κ2) is 8.11. The van der Waals surface area contributed by atoms with E-state index in [1.807, 2.05) is 6.07 Å². The number of hydrogen-bond acceptors (Lipinski definition) is 6. The standard InChI is InChI=1S/C21H14F4N6O2/c22-17(23)19-29-28-18(33-19)13-5-15-16(26-6-13)10-30(20(15)32)8-11-2-1-3-12(4-11)14-7-27-31(9-14)21(24)25/h1-7,9,17,21H,8,10H2. The number of aromatic nitrogens is 5. The predicted octanol–water partition coefficient (Wildman–Crippen LogP) is 4.48. The summed E-state index contributed by atoms with van der Waals surface area (Å²) in [7, 11) is 0. The van der Waals surface area contributed by atoms with Crippen molar-refractivity contribution in [2.45, 2.75) is 26.1 Å². The summed E-state index contributed by atoms with van der Waals surface area (Å²) in [4.78, 5) is 18.8. The van der Waals surface area contributed by atoms with Crippen LogP contribution in [0.5, 0.6) is 0 Å². The van der Waals surface area contributed by atoms with Gasteiger partial charge in [-0.25, -0.2) is 4.68 Å². The van der Waals surface area contributed by atoms with Crippen LogP contribution in [0.25, 0.3) is 22.6 Å². The second-order valence-electron chi connectivity index (χ2n) is 7.31. The summed E-state index contributed by atoms with van der Waals surface area (Å²) < 4.78 is 56.5. The molecule has 4 heterocycles. The molecule has 12 heteroatoms. The quantitative estimate of drug-likeness (QED) is 0.396. The van der Waals surface area contributed by atoms with Crippen molar-refractivity contribution in [1.82, 2.24) is 29.9 Å². The highest BCUT2D eigenvalue weighted by Gasteiger charge is 2.30. The van der Waals surface area contributed by atoms with Crippen LogP contribution >= 0.6 is 0 Å². The Morgan fingerprint density at radius 1 is 1.03 bits per heavy atom. The number of amides is 1. The van der Waals surface area contributed by atoms with Gasteiger partial charge in [-0.05, 0) is 23.3 Å². The van der Waals surface area contributed by atoms with E-state index >= 15 is 0 Å². The maximum atomic E-state index is 12.9. The van der Waals surface area contributed by atoms with Crippen molar-refractivity contribution in [3.63, 3.8) is 0 Å². The lowest BCUT2D eigenvalue weighted by molar-refractivity contribution is 0.0566. The Morgan fingerprint density at radius 3 is 2.61 bits per heavy atom. The van der Waals surface area contributed by atoms with E-state index in [9.17, 15) is 22.4 Å². The molecule has 0 spiro atoms. The van der Waals surface area contributed by atoms with Gasteiger partial charge in [0, 0.05) is 24.5 Å². The van der Waals surface area contributed by atoms with Gasteiger partial charge in [-0.15, -0.1) is 10.2 Å². The van der Waals surface area contributed by atoms with Crippen LogP contribution in [-0.2, 0) is 13.1 Å². The van der Waals surface area contributed by atoms with Gasteiger partial charge in [-0.1, -0.05) is 18.2 Å². The number of alkyl halides is 4. The van der Waals surface area contributed by atoms with Gasteiger partial charge in [0.05, 0.1) is 29.6 Å². The highest BCUT2D eigenvalue weighted by Crippen LogP contribution is 2.29. The van der Waals surface area contributed by atoms with E-state index < -0.39 is 18.9 Å². The minimum Gasteiger partial charge on any atom is -0.415 e. The van der Waals surface area contributed by atoms with Crippen LogP contribution < -0.4 is 0 Å². The first kappa shape index (κ1) is 20.8. The van der Waals surface area contributed by atoms with Crippen LogP contribution in [0.2, 0.25) is 0 Å². The molecule has 1 aliphatic rings. The minimum absolute atomic E-state index is 0.149. The lowest BCUT2D eigenvalue weighted by atomic mass is 10.1. The van der Waals surface area contributed by atoms with Crippen LogP contribution in [0.1, 0.15) is 40.5 Å². The van der Waals surface area contributed by atoms with Crippen molar-refractivity contribution in [1.29, 1.82) is 0 Å². The summed E-state index contributed by atoms with van der Waals surface area (Å²) in [5.41, 5.74) is 3.13. The molecule has 0 N–H and O–H groups in total. The average Bonchev–Trinajstić information content (AvgIpc) is 3.54. The fourth-order valence-corrected chi connectivity index (χ4v) is 3.57. The number of halogens is 4. The highest BCUT2D eigenvalue weighted by molar-refractivity contribution is 5.98. The van der Waals surface area contributed by atoms with Crippen molar-refractivity contribution in [3.05, 3.63) is 71.6 Å². The van der Waals surface area contributed by atoms with E-state index in [4.69, 9.17) is 4.42 Å². The van der Waals surface area contributed by atoms with Gasteiger partial charge in [-0.3, -0.25) is 9.78 Å². The summed E-state index contributed by atoms with van der Waals surface area (Å²) in [6.07, 6.45) is 1.10. The first-order valence-corrected chi connectivity index (χ1v) is 9.71. The third-order valence-corrected chi connectivity index (χ3v) is 5.14. The summed E-state index contributed by atoms with van der Waals surface area (Å²) in [6.45, 7) is -2.21. The zero-order chi connectivity index (χ0) is 23.1. The molecule has 0 saturated heterocycles. The second-order valence-corrected chi connectivity index (χ2v) is 7.31. The average molecular weight is 458 g/mol. The van der Waals surface area contributed by atoms with Gasteiger partial charge in [-0.2, -0.15) is 22.7 Å². The molecule has 1 aliphatic heterocycles. The topological polar surface area (TPSA) is 89.9 Å². The lowest BCUT2D eigenvalue weighted by Gasteiger charge is -2.15. The SMILES string of the molecule is O=C1c2cc(-c3nnc(C(F)F)o3)cnc2CN1Cc1cccc(-c2cnn(C(F)F)c2)c1. The molecule has 0 unspecified atom stereocenters. The van der Waals surface area contributed by atoms with Gasteiger partial charge in [0.25, 0.3) is 11.8 Å². The van der Waals surface area contributed by atoms with Gasteiger partial charge in [0.2, 0.25) is 5.89 Å². The molecule has 1 amide bonds. The van der Waals surface area contributed by atoms with Crippen LogP contribution in [0, 0.1) is 0 Å². The first-order chi connectivity index (χ1) is 15.9. The Balaban J connectivity index is 1.35. The van der Waals surface area contributed by atoms with Crippen LogP contribution in [-0.4, -0.2) is 35.8 Å². The molecule has 5 rings (SSSR count). The fourth-order valence-electron chi connectivity index (χ4n) is 3.57. The minimum atomic E-state index is -2.90. The Bertz CT molecular complexity index is 1340. The number of nitrogens with zero attached hydrogens (tertiary/aromatic N) is 6. The monoisotopic (exact) mass is 458 g/mol. The van der Waals surface area contributed by atoms with Gasteiger partial charge in [0.1, 0.15) is 0 Å². The van der Waals surface area contributed by atoms with Crippen LogP contribution in [0.4, 0.5) is 17.6 Å². The molecule has 0 aliphatic carbocycles. The van der Waals surface area contributed by atoms with Crippen LogP contribution in [0.3, 0.4) is 0 Å². The third kappa shape index (κ3) is 3.95. The number of carbonyl (C=O) groups is 1. The van der Waals surface area contributed by atoms with E-state index in [1.54, 1.807) is 23.1 Å². The molecule has 0 radical (unpaired) electrons. The summed E-state index contributed by atoms with van der Waals surface area (Å²) in [5.74, 6) is -1.25. The van der Waals surface area contributed by atoms with E-state index in [0.29, 0.717) is 27.1 Å². The van der Waals surface area contributed by atoms with Crippen molar-refractivity contribution in [2.75, 3.05) is 0 Å².